The first-order valence-electron chi connectivity index (χ1n) is 12.1. The highest BCUT2D eigenvalue weighted by molar-refractivity contribution is 7.89. The van der Waals surface area contributed by atoms with E-state index in [9.17, 15) is 13.2 Å². The van der Waals surface area contributed by atoms with Gasteiger partial charge in [-0.15, -0.1) is 0 Å². The fraction of sp³-hybridized carbons (Fsp3) is 0.385. The van der Waals surface area contributed by atoms with Crippen LogP contribution in [0.1, 0.15) is 31.5 Å². The number of aryl methyl sites for hydroxylation is 2. The molecule has 0 radical (unpaired) electrons. The van der Waals surface area contributed by atoms with Gasteiger partial charge in [-0.05, 0) is 62.1 Å². The van der Waals surface area contributed by atoms with Gasteiger partial charge >= 0.3 is 0 Å². The van der Waals surface area contributed by atoms with Crippen molar-refractivity contribution in [1.29, 1.82) is 0 Å². The number of anilines is 1. The number of carbonyl (C=O) groups excluding carboxylic acids is 1. The van der Waals surface area contributed by atoms with Crippen LogP contribution < -0.4 is 10.1 Å². The van der Waals surface area contributed by atoms with E-state index >= 15 is 0 Å². The van der Waals surface area contributed by atoms with Crippen molar-refractivity contribution in [2.75, 3.05) is 25.5 Å². The second-order valence-corrected chi connectivity index (χ2v) is 11.1. The molecule has 8 nitrogen and oxygen atoms in total. The Morgan fingerprint density at radius 3 is 2.51 bits per heavy atom. The average molecular weight is 495 g/mol. The molecule has 5 rings (SSSR count). The number of hydrogen-bond donors (Lipinski definition) is 1. The summed E-state index contributed by atoms with van der Waals surface area (Å²) in [4.78, 5) is 17.9. The van der Waals surface area contributed by atoms with Gasteiger partial charge in [0.25, 0.3) is 0 Å². The first kappa shape index (κ1) is 23.6. The lowest BCUT2D eigenvalue weighted by molar-refractivity contribution is -0.120. The molecular formula is C26H30N4O4S. The molecule has 1 amide bonds. The summed E-state index contributed by atoms with van der Waals surface area (Å²) in [6, 6.07) is 14.0. The Labute approximate surface area is 206 Å². The molecular weight excluding hydrogens is 464 g/mol. The monoisotopic (exact) mass is 494 g/mol. The molecule has 0 spiro atoms. The summed E-state index contributed by atoms with van der Waals surface area (Å²) in [6.45, 7) is 1.59. The number of aromatic nitrogens is 2. The van der Waals surface area contributed by atoms with Gasteiger partial charge in [0, 0.05) is 43.5 Å². The van der Waals surface area contributed by atoms with Crippen molar-refractivity contribution >= 4 is 21.6 Å². The van der Waals surface area contributed by atoms with E-state index in [2.05, 4.69) is 16.1 Å². The molecule has 1 saturated heterocycles. The smallest absolute Gasteiger partial charge is 0.243 e. The van der Waals surface area contributed by atoms with E-state index in [0.717, 1.165) is 30.0 Å². The van der Waals surface area contributed by atoms with Crippen LogP contribution in [0.15, 0.2) is 59.6 Å². The van der Waals surface area contributed by atoms with Gasteiger partial charge < -0.3 is 14.6 Å². The normalized spacial score (nSPS) is 18.6. The van der Waals surface area contributed by atoms with Crippen molar-refractivity contribution in [3.8, 4) is 17.0 Å². The molecule has 1 aromatic heterocycles. The van der Waals surface area contributed by atoms with Gasteiger partial charge in [0.2, 0.25) is 15.9 Å². The number of fused-ring (bicyclic) bond motifs is 1. The zero-order chi connectivity index (χ0) is 24.4. The lowest BCUT2D eigenvalue weighted by Crippen LogP contribution is -2.43. The van der Waals surface area contributed by atoms with E-state index in [4.69, 9.17) is 9.72 Å². The highest BCUT2D eigenvalue weighted by atomic mass is 32.2. The highest BCUT2D eigenvalue weighted by Crippen LogP contribution is 2.27. The van der Waals surface area contributed by atoms with E-state index in [1.807, 2.05) is 24.3 Å². The Bertz CT molecular complexity index is 1280. The molecule has 0 bridgehead atoms. The maximum Gasteiger partial charge on any atom is 0.243 e. The largest absolute Gasteiger partial charge is 0.497 e. The average Bonchev–Trinajstić information content (AvgIpc) is 3.33. The van der Waals surface area contributed by atoms with Crippen LogP contribution >= 0.6 is 0 Å². The Hall–Kier alpha value is -3.17. The summed E-state index contributed by atoms with van der Waals surface area (Å²) in [7, 11) is -2.14. The van der Waals surface area contributed by atoms with Crippen molar-refractivity contribution in [3.05, 3.63) is 60.6 Å². The van der Waals surface area contributed by atoms with Gasteiger partial charge in [-0.2, -0.15) is 4.31 Å². The number of imidazole rings is 1. The topological polar surface area (TPSA) is 93.5 Å². The number of rotatable bonds is 6. The molecule has 2 aromatic carbocycles. The molecule has 2 aliphatic heterocycles. The molecule has 1 atom stereocenters. The molecule has 1 fully saturated rings. The molecule has 0 saturated carbocycles. The second-order valence-electron chi connectivity index (χ2n) is 9.14. The first-order chi connectivity index (χ1) is 16.9. The van der Waals surface area contributed by atoms with Crippen LogP contribution in [0.2, 0.25) is 0 Å². The minimum atomic E-state index is -3.68. The van der Waals surface area contributed by atoms with Crippen molar-refractivity contribution in [3.63, 3.8) is 0 Å². The summed E-state index contributed by atoms with van der Waals surface area (Å²) in [5, 5.41) is 2.96. The molecule has 9 heteroatoms. The number of carbonyl (C=O) groups is 1. The zero-order valence-corrected chi connectivity index (χ0v) is 20.6. The van der Waals surface area contributed by atoms with Crippen LogP contribution in [0.4, 0.5) is 5.69 Å². The fourth-order valence-electron chi connectivity index (χ4n) is 4.79. The molecule has 3 heterocycles. The predicted octanol–water partition coefficient (Wildman–Crippen LogP) is 3.93. The summed E-state index contributed by atoms with van der Waals surface area (Å²) < 4.78 is 35.0. The third-order valence-corrected chi connectivity index (χ3v) is 8.69. The Kier molecular flexibility index (Phi) is 6.62. The number of sulfonamides is 1. The quantitative estimate of drug-likeness (QED) is 0.560. The van der Waals surface area contributed by atoms with Crippen LogP contribution in [-0.2, 0) is 27.8 Å². The summed E-state index contributed by atoms with van der Waals surface area (Å²) >= 11 is 0. The fourth-order valence-corrected chi connectivity index (χ4v) is 6.32. The highest BCUT2D eigenvalue weighted by Gasteiger charge is 2.33. The number of nitrogens with one attached hydrogen (secondary N) is 1. The van der Waals surface area contributed by atoms with Gasteiger partial charge in [-0.1, -0.05) is 12.1 Å². The minimum absolute atomic E-state index is 0.162. The molecule has 35 heavy (non-hydrogen) atoms. The number of methoxy groups -OCH3 is 1. The standard InChI is InChI=1S/C26H30N4O4S/c1-34-22-11-13-23(14-12-22)35(32,33)30-16-4-5-20(17-30)26(31)27-21-9-7-19(8-10-21)24-18-29-15-3-2-6-25(29)28-24/h7-14,18,20H,2-6,15-17H2,1H3,(H,27,31). The molecule has 1 N–H and O–H groups in total. The van der Waals surface area contributed by atoms with Crippen LogP contribution in [0.5, 0.6) is 5.75 Å². The van der Waals surface area contributed by atoms with E-state index < -0.39 is 15.9 Å². The minimum Gasteiger partial charge on any atom is -0.497 e. The van der Waals surface area contributed by atoms with Gasteiger partial charge in [0.15, 0.2) is 0 Å². The predicted molar refractivity (Wildman–Crippen MR) is 134 cm³/mol. The van der Waals surface area contributed by atoms with Gasteiger partial charge in [0.05, 0.1) is 23.6 Å². The Balaban J connectivity index is 1.23. The third kappa shape index (κ3) is 4.97. The first-order valence-corrected chi connectivity index (χ1v) is 13.5. The van der Waals surface area contributed by atoms with Gasteiger partial charge in [-0.25, -0.2) is 13.4 Å². The van der Waals surface area contributed by atoms with Gasteiger partial charge in [-0.3, -0.25) is 4.79 Å². The summed E-state index contributed by atoms with van der Waals surface area (Å²) in [5.41, 5.74) is 2.66. The van der Waals surface area contributed by atoms with Crippen molar-refractivity contribution in [2.24, 2.45) is 5.92 Å². The number of nitrogens with zero attached hydrogens (tertiary/aromatic N) is 3. The van der Waals surface area contributed by atoms with E-state index in [1.165, 1.54) is 36.4 Å². The molecule has 1 unspecified atom stereocenters. The number of hydrogen-bond acceptors (Lipinski definition) is 5. The van der Waals surface area contributed by atoms with E-state index in [-0.39, 0.29) is 17.3 Å². The summed E-state index contributed by atoms with van der Waals surface area (Å²) in [6.07, 6.45) is 6.77. The van der Waals surface area contributed by atoms with Crippen LogP contribution in [0, 0.1) is 5.92 Å². The van der Waals surface area contributed by atoms with Crippen LogP contribution in [-0.4, -0.2) is 48.4 Å². The number of amides is 1. The van der Waals surface area contributed by atoms with Crippen LogP contribution in [0.3, 0.4) is 0 Å². The van der Waals surface area contributed by atoms with Crippen molar-refractivity contribution < 1.29 is 17.9 Å². The number of piperidine rings is 1. The zero-order valence-electron chi connectivity index (χ0n) is 19.8. The molecule has 184 valence electrons. The Morgan fingerprint density at radius 2 is 1.80 bits per heavy atom. The second kappa shape index (κ2) is 9.83. The Morgan fingerprint density at radius 1 is 1.03 bits per heavy atom. The van der Waals surface area contributed by atoms with Crippen molar-refractivity contribution in [1.82, 2.24) is 13.9 Å². The molecule has 3 aromatic rings. The van der Waals surface area contributed by atoms with E-state index in [0.29, 0.717) is 30.8 Å². The maximum absolute atomic E-state index is 13.1. The number of ether oxygens (including phenoxy) is 1. The van der Waals surface area contributed by atoms with Crippen molar-refractivity contribution in [2.45, 2.75) is 43.5 Å². The summed E-state index contributed by atoms with van der Waals surface area (Å²) in [5.74, 6) is 1.16. The number of benzene rings is 2. The lowest BCUT2D eigenvalue weighted by Gasteiger charge is -2.31. The maximum atomic E-state index is 13.1. The van der Waals surface area contributed by atoms with Crippen LogP contribution in [0.25, 0.3) is 11.3 Å². The third-order valence-electron chi connectivity index (χ3n) is 6.81. The molecule has 2 aliphatic rings. The van der Waals surface area contributed by atoms with Gasteiger partial charge in [0.1, 0.15) is 11.6 Å². The lowest BCUT2D eigenvalue weighted by atomic mass is 9.98. The SMILES string of the molecule is COc1ccc(S(=O)(=O)N2CCCC(C(=O)Nc3ccc(-c4cn5c(n4)CCCC5)cc3)C2)cc1. The van der Waals surface area contributed by atoms with E-state index in [1.54, 1.807) is 12.1 Å². The molecule has 0 aliphatic carbocycles.